The van der Waals surface area contributed by atoms with E-state index in [1.165, 1.54) is 0 Å². The number of carboxylic acids is 1. The van der Waals surface area contributed by atoms with Crippen LogP contribution in [0.2, 0.25) is 0 Å². The zero-order valence-corrected chi connectivity index (χ0v) is 11.4. The van der Waals surface area contributed by atoms with Gasteiger partial charge >= 0.3 is 5.97 Å². The highest BCUT2D eigenvalue weighted by molar-refractivity contribution is 5.68. The Morgan fingerprint density at radius 2 is 2.12 bits per heavy atom. The molecule has 2 atom stereocenters. The number of hydrogen-bond acceptors (Lipinski definition) is 3. The molecule has 1 heterocycles. The summed E-state index contributed by atoms with van der Waals surface area (Å²) in [4.78, 5) is 11.1. The van der Waals surface area contributed by atoms with Gasteiger partial charge in [0.2, 0.25) is 0 Å². The summed E-state index contributed by atoms with van der Waals surface area (Å²) in [6, 6.07) is 0. The molecule has 4 heteroatoms. The molecular formula is C13H25NO3. The monoisotopic (exact) mass is 243 g/mol. The highest BCUT2D eigenvalue weighted by Gasteiger charge is 2.50. The Labute approximate surface area is 104 Å². The van der Waals surface area contributed by atoms with Crippen LogP contribution < -0.4 is 5.73 Å². The van der Waals surface area contributed by atoms with Crippen molar-refractivity contribution in [3.63, 3.8) is 0 Å². The largest absolute Gasteiger partial charge is 0.481 e. The Bertz CT molecular complexity index is 298. The molecule has 1 rings (SSSR count). The molecule has 0 aromatic carbocycles. The van der Waals surface area contributed by atoms with Crippen LogP contribution in [0, 0.1) is 5.41 Å². The van der Waals surface area contributed by atoms with Crippen LogP contribution in [-0.2, 0) is 9.53 Å². The summed E-state index contributed by atoms with van der Waals surface area (Å²) in [7, 11) is 0. The second-order valence-corrected chi connectivity index (χ2v) is 6.15. The third-order valence-corrected chi connectivity index (χ3v) is 4.35. The minimum atomic E-state index is -0.774. The molecule has 0 saturated carbocycles. The number of rotatable bonds is 4. The van der Waals surface area contributed by atoms with Crippen molar-refractivity contribution >= 4 is 5.97 Å². The van der Waals surface area contributed by atoms with E-state index in [0.29, 0.717) is 13.0 Å². The fourth-order valence-electron chi connectivity index (χ4n) is 2.79. The van der Waals surface area contributed by atoms with Crippen molar-refractivity contribution in [3.05, 3.63) is 0 Å². The number of nitrogens with two attached hydrogens (primary N) is 1. The van der Waals surface area contributed by atoms with E-state index in [-0.39, 0.29) is 17.4 Å². The fraction of sp³-hybridized carbons (Fsp3) is 0.923. The minimum Gasteiger partial charge on any atom is -0.481 e. The maximum Gasteiger partial charge on any atom is 0.303 e. The zero-order chi connectivity index (χ0) is 13.3. The number of aliphatic carboxylic acids is 1. The van der Waals surface area contributed by atoms with Gasteiger partial charge in [0, 0.05) is 17.6 Å². The Morgan fingerprint density at radius 1 is 1.53 bits per heavy atom. The van der Waals surface area contributed by atoms with Gasteiger partial charge in [0.15, 0.2) is 0 Å². The first kappa shape index (κ1) is 14.5. The average Bonchev–Trinajstić information content (AvgIpc) is 2.15. The van der Waals surface area contributed by atoms with Crippen LogP contribution in [0.5, 0.6) is 0 Å². The molecule has 4 nitrogen and oxygen atoms in total. The summed E-state index contributed by atoms with van der Waals surface area (Å²) >= 11 is 0. The van der Waals surface area contributed by atoms with Gasteiger partial charge in [0.25, 0.3) is 0 Å². The first-order chi connectivity index (χ1) is 7.64. The number of carboxylic acid groups (broad SMARTS) is 1. The van der Waals surface area contributed by atoms with E-state index < -0.39 is 11.5 Å². The molecule has 3 N–H and O–H groups in total. The lowest BCUT2D eigenvalue weighted by molar-refractivity contribution is -0.157. The lowest BCUT2D eigenvalue weighted by atomic mass is 9.61. The minimum absolute atomic E-state index is 0.120. The van der Waals surface area contributed by atoms with Crippen molar-refractivity contribution in [2.75, 3.05) is 6.61 Å². The average molecular weight is 243 g/mol. The van der Waals surface area contributed by atoms with Crippen LogP contribution in [0.25, 0.3) is 0 Å². The van der Waals surface area contributed by atoms with Crippen LogP contribution in [0.4, 0.5) is 0 Å². The van der Waals surface area contributed by atoms with E-state index in [1.54, 1.807) is 0 Å². The highest BCUT2D eigenvalue weighted by Crippen LogP contribution is 2.48. The number of carbonyl (C=O) groups is 1. The summed E-state index contributed by atoms with van der Waals surface area (Å²) in [5, 5.41) is 9.14. The molecule has 0 bridgehead atoms. The SMILES string of the molecule is CCC1(C)CC(CC(=O)O)(C(C)(C)N)CCO1. The van der Waals surface area contributed by atoms with Crippen LogP contribution in [0.15, 0.2) is 0 Å². The van der Waals surface area contributed by atoms with Gasteiger partial charge < -0.3 is 15.6 Å². The van der Waals surface area contributed by atoms with Crippen molar-refractivity contribution < 1.29 is 14.6 Å². The van der Waals surface area contributed by atoms with Crippen LogP contribution in [-0.4, -0.2) is 28.8 Å². The summed E-state index contributed by atoms with van der Waals surface area (Å²) < 4.78 is 5.80. The smallest absolute Gasteiger partial charge is 0.303 e. The lowest BCUT2D eigenvalue weighted by Crippen LogP contribution is -2.58. The molecule has 2 unspecified atom stereocenters. The maximum absolute atomic E-state index is 11.1. The van der Waals surface area contributed by atoms with Crippen molar-refractivity contribution in [3.8, 4) is 0 Å². The molecular weight excluding hydrogens is 218 g/mol. The number of ether oxygens (including phenoxy) is 1. The molecule has 1 saturated heterocycles. The third-order valence-electron chi connectivity index (χ3n) is 4.35. The van der Waals surface area contributed by atoms with Crippen LogP contribution in [0.3, 0.4) is 0 Å². The summed E-state index contributed by atoms with van der Waals surface area (Å²) in [5.41, 5.74) is 5.12. The Balaban J connectivity index is 3.02. The van der Waals surface area contributed by atoms with E-state index in [0.717, 1.165) is 12.8 Å². The normalized spacial score (nSPS) is 34.6. The third kappa shape index (κ3) is 2.99. The maximum atomic E-state index is 11.1. The lowest BCUT2D eigenvalue weighted by Gasteiger charge is -2.52. The molecule has 0 aliphatic carbocycles. The second-order valence-electron chi connectivity index (χ2n) is 6.15. The van der Waals surface area contributed by atoms with Crippen molar-refractivity contribution in [1.29, 1.82) is 0 Å². The van der Waals surface area contributed by atoms with E-state index >= 15 is 0 Å². The summed E-state index contributed by atoms with van der Waals surface area (Å²) in [6.07, 6.45) is 2.44. The molecule has 100 valence electrons. The second kappa shape index (κ2) is 4.58. The molecule has 0 spiro atoms. The Kier molecular flexibility index (Phi) is 3.89. The Morgan fingerprint density at radius 3 is 2.53 bits per heavy atom. The van der Waals surface area contributed by atoms with Crippen LogP contribution >= 0.6 is 0 Å². The molecule has 0 aromatic heterocycles. The topological polar surface area (TPSA) is 72.5 Å². The first-order valence-electron chi connectivity index (χ1n) is 6.29. The predicted molar refractivity (Wildman–Crippen MR) is 66.8 cm³/mol. The van der Waals surface area contributed by atoms with Gasteiger partial charge in [-0.2, -0.15) is 0 Å². The van der Waals surface area contributed by atoms with E-state index in [2.05, 4.69) is 13.8 Å². The predicted octanol–water partition coefficient (Wildman–Crippen LogP) is 2.16. The van der Waals surface area contributed by atoms with Crippen molar-refractivity contribution in [2.24, 2.45) is 11.1 Å². The molecule has 0 amide bonds. The summed E-state index contributed by atoms with van der Waals surface area (Å²) in [5.74, 6) is -0.774. The van der Waals surface area contributed by atoms with E-state index in [1.807, 2.05) is 13.8 Å². The van der Waals surface area contributed by atoms with E-state index in [4.69, 9.17) is 15.6 Å². The summed E-state index contributed by atoms with van der Waals surface area (Å²) in [6.45, 7) is 8.57. The molecule has 0 radical (unpaired) electrons. The van der Waals surface area contributed by atoms with Gasteiger partial charge in [-0.05, 0) is 40.0 Å². The zero-order valence-electron chi connectivity index (χ0n) is 11.4. The standard InChI is InChI=1S/C13H25NO3/c1-5-12(4)9-13(6-7-17-12,8-10(15)16)11(2,3)14/h5-9,14H2,1-4H3,(H,15,16). The van der Waals surface area contributed by atoms with Crippen LogP contribution in [0.1, 0.15) is 53.4 Å². The van der Waals surface area contributed by atoms with Gasteiger partial charge in [0.05, 0.1) is 12.0 Å². The van der Waals surface area contributed by atoms with Gasteiger partial charge in [-0.1, -0.05) is 6.92 Å². The number of hydrogen-bond donors (Lipinski definition) is 2. The van der Waals surface area contributed by atoms with Gasteiger partial charge in [0.1, 0.15) is 0 Å². The molecule has 0 aromatic rings. The first-order valence-corrected chi connectivity index (χ1v) is 6.29. The highest BCUT2D eigenvalue weighted by atomic mass is 16.5. The quantitative estimate of drug-likeness (QED) is 0.793. The van der Waals surface area contributed by atoms with Crippen molar-refractivity contribution in [1.82, 2.24) is 0 Å². The van der Waals surface area contributed by atoms with Gasteiger partial charge in [-0.25, -0.2) is 0 Å². The molecule has 1 fully saturated rings. The molecule has 1 aliphatic heterocycles. The van der Waals surface area contributed by atoms with Gasteiger partial charge in [-0.15, -0.1) is 0 Å². The molecule has 17 heavy (non-hydrogen) atoms. The Hall–Kier alpha value is -0.610. The van der Waals surface area contributed by atoms with Crippen molar-refractivity contribution in [2.45, 2.75) is 64.5 Å². The fourth-order valence-corrected chi connectivity index (χ4v) is 2.79. The van der Waals surface area contributed by atoms with E-state index in [9.17, 15) is 4.79 Å². The van der Waals surface area contributed by atoms with Gasteiger partial charge in [-0.3, -0.25) is 4.79 Å². The molecule has 1 aliphatic rings.